The Labute approximate surface area is 188 Å². The quantitative estimate of drug-likeness (QED) is 0.646. The average Bonchev–Trinajstić information content (AvgIpc) is 3.42. The molecule has 172 valence electrons. The molecule has 1 aromatic carbocycles. The van der Waals surface area contributed by atoms with E-state index in [9.17, 15) is 14.4 Å². The molecule has 0 radical (unpaired) electrons. The second-order valence-electron chi connectivity index (χ2n) is 9.44. The molecule has 4 heterocycles. The number of ether oxygens (including phenoxy) is 1. The third-order valence-corrected chi connectivity index (χ3v) is 7.26. The number of piperidine rings is 2. The summed E-state index contributed by atoms with van der Waals surface area (Å²) in [6, 6.07) is 6.06. The van der Waals surface area contributed by atoms with Crippen LogP contribution in [0.2, 0.25) is 0 Å². The van der Waals surface area contributed by atoms with Gasteiger partial charge in [-0.25, -0.2) is 0 Å². The fraction of sp³-hybridized carbons (Fsp3) is 0.625. The van der Waals surface area contributed by atoms with Crippen molar-refractivity contribution in [2.45, 2.75) is 69.8 Å². The van der Waals surface area contributed by atoms with Gasteiger partial charge in [-0.05, 0) is 62.4 Å². The summed E-state index contributed by atoms with van der Waals surface area (Å²) in [7, 11) is 0. The number of fused-ring (bicyclic) bond motifs is 1. The van der Waals surface area contributed by atoms with Crippen LogP contribution >= 0.6 is 0 Å². The zero-order valence-electron chi connectivity index (χ0n) is 18.5. The highest BCUT2D eigenvalue weighted by atomic mass is 16.5. The summed E-state index contributed by atoms with van der Waals surface area (Å²) in [6.45, 7) is 5.17. The van der Waals surface area contributed by atoms with E-state index in [1.165, 1.54) is 5.56 Å². The van der Waals surface area contributed by atoms with Crippen LogP contribution in [0.3, 0.4) is 0 Å². The highest BCUT2D eigenvalue weighted by molar-refractivity contribution is 6.05. The van der Waals surface area contributed by atoms with Crippen molar-refractivity contribution in [3.05, 3.63) is 34.9 Å². The van der Waals surface area contributed by atoms with Crippen LogP contribution < -0.4 is 10.6 Å². The SMILES string of the molecule is O=C1CCC(N2Cc3cc(CN(CC4CCCO4)C4CCNCC4)ccc3C2=O)C(=O)N1. The van der Waals surface area contributed by atoms with Crippen LogP contribution in [-0.2, 0) is 27.4 Å². The molecule has 3 fully saturated rings. The molecule has 5 rings (SSSR count). The lowest BCUT2D eigenvalue weighted by molar-refractivity contribution is -0.136. The molecule has 0 aliphatic carbocycles. The van der Waals surface area contributed by atoms with Crippen molar-refractivity contribution < 1.29 is 19.1 Å². The Hall–Kier alpha value is -2.29. The van der Waals surface area contributed by atoms with Crippen molar-refractivity contribution in [2.75, 3.05) is 26.2 Å². The van der Waals surface area contributed by atoms with Crippen LogP contribution in [0.5, 0.6) is 0 Å². The molecule has 0 aromatic heterocycles. The van der Waals surface area contributed by atoms with Gasteiger partial charge >= 0.3 is 0 Å². The molecule has 32 heavy (non-hydrogen) atoms. The summed E-state index contributed by atoms with van der Waals surface area (Å²) in [6.07, 6.45) is 5.52. The van der Waals surface area contributed by atoms with E-state index in [1.807, 2.05) is 12.1 Å². The predicted molar refractivity (Wildman–Crippen MR) is 118 cm³/mol. The lowest BCUT2D eigenvalue weighted by Gasteiger charge is -2.36. The van der Waals surface area contributed by atoms with E-state index in [-0.39, 0.29) is 24.1 Å². The predicted octanol–water partition coefficient (Wildman–Crippen LogP) is 1.18. The van der Waals surface area contributed by atoms with Gasteiger partial charge in [-0.15, -0.1) is 0 Å². The Morgan fingerprint density at radius 3 is 2.69 bits per heavy atom. The van der Waals surface area contributed by atoms with Crippen molar-refractivity contribution in [1.29, 1.82) is 0 Å². The maximum absolute atomic E-state index is 13.0. The molecule has 0 saturated carbocycles. The van der Waals surface area contributed by atoms with Crippen molar-refractivity contribution in [3.63, 3.8) is 0 Å². The molecular weight excluding hydrogens is 408 g/mol. The number of carbonyl (C=O) groups excluding carboxylic acids is 3. The van der Waals surface area contributed by atoms with Crippen molar-refractivity contribution in [3.8, 4) is 0 Å². The van der Waals surface area contributed by atoms with Crippen LogP contribution in [-0.4, -0.2) is 72.0 Å². The molecule has 0 spiro atoms. The van der Waals surface area contributed by atoms with Gasteiger partial charge in [-0.3, -0.25) is 24.6 Å². The number of nitrogens with zero attached hydrogens (tertiary/aromatic N) is 2. The highest BCUT2D eigenvalue weighted by Gasteiger charge is 2.39. The summed E-state index contributed by atoms with van der Waals surface area (Å²) in [5.41, 5.74) is 2.84. The van der Waals surface area contributed by atoms with Gasteiger partial charge in [-0.2, -0.15) is 0 Å². The molecule has 2 unspecified atom stereocenters. The Morgan fingerprint density at radius 1 is 1.09 bits per heavy atom. The van der Waals surface area contributed by atoms with Gasteiger partial charge in [0.05, 0.1) is 6.10 Å². The van der Waals surface area contributed by atoms with Crippen molar-refractivity contribution in [2.24, 2.45) is 0 Å². The Kier molecular flexibility index (Phi) is 6.26. The van der Waals surface area contributed by atoms with E-state index < -0.39 is 6.04 Å². The molecular formula is C24H32N4O4. The van der Waals surface area contributed by atoms with Crippen LogP contribution in [0.4, 0.5) is 0 Å². The van der Waals surface area contributed by atoms with Crippen LogP contribution in [0.25, 0.3) is 0 Å². The number of nitrogens with one attached hydrogen (secondary N) is 2. The van der Waals surface area contributed by atoms with Crippen LogP contribution in [0.1, 0.15) is 60.0 Å². The first-order valence-electron chi connectivity index (χ1n) is 11.9. The first kappa shape index (κ1) is 21.6. The molecule has 4 aliphatic heterocycles. The summed E-state index contributed by atoms with van der Waals surface area (Å²) in [5, 5.41) is 5.82. The molecule has 8 nitrogen and oxygen atoms in total. The van der Waals surface area contributed by atoms with Gasteiger partial charge in [-0.1, -0.05) is 12.1 Å². The third kappa shape index (κ3) is 4.44. The molecule has 2 N–H and O–H groups in total. The summed E-state index contributed by atoms with van der Waals surface area (Å²) in [5.74, 6) is -0.742. The standard InChI is InChI=1S/C24H32N4O4/c29-22-6-5-21(23(30)26-22)28-14-17-12-16(3-4-20(17)24(28)31)13-27(15-19-2-1-11-32-19)18-7-9-25-10-8-18/h3-4,12,18-19,21,25H,1-2,5-11,13-15H2,(H,26,29,30). The lowest BCUT2D eigenvalue weighted by Crippen LogP contribution is -2.52. The minimum Gasteiger partial charge on any atom is -0.377 e. The van der Waals surface area contributed by atoms with Crippen molar-refractivity contribution >= 4 is 17.7 Å². The summed E-state index contributed by atoms with van der Waals surface area (Å²) < 4.78 is 5.93. The van der Waals surface area contributed by atoms with Gasteiger partial charge in [0.15, 0.2) is 0 Å². The number of hydrogen-bond donors (Lipinski definition) is 2. The maximum Gasteiger partial charge on any atom is 0.255 e. The van der Waals surface area contributed by atoms with E-state index >= 15 is 0 Å². The fourth-order valence-electron chi connectivity index (χ4n) is 5.53. The maximum atomic E-state index is 13.0. The fourth-order valence-corrected chi connectivity index (χ4v) is 5.53. The Morgan fingerprint density at radius 2 is 1.94 bits per heavy atom. The molecule has 3 amide bonds. The monoisotopic (exact) mass is 440 g/mol. The lowest BCUT2D eigenvalue weighted by atomic mass is 10.0. The number of carbonyl (C=O) groups is 3. The minimum atomic E-state index is -0.568. The van der Waals surface area contributed by atoms with Gasteiger partial charge < -0.3 is 15.0 Å². The Bertz CT molecular complexity index is 892. The number of amides is 3. The molecule has 0 bridgehead atoms. The zero-order chi connectivity index (χ0) is 22.1. The molecule has 4 aliphatic rings. The summed E-state index contributed by atoms with van der Waals surface area (Å²) in [4.78, 5) is 40.9. The second-order valence-corrected chi connectivity index (χ2v) is 9.44. The molecule has 2 atom stereocenters. The molecule has 1 aromatic rings. The molecule has 8 heteroatoms. The summed E-state index contributed by atoms with van der Waals surface area (Å²) >= 11 is 0. The van der Waals surface area contributed by atoms with E-state index in [0.29, 0.717) is 30.7 Å². The van der Waals surface area contributed by atoms with Gasteiger partial charge in [0.1, 0.15) is 6.04 Å². The first-order valence-corrected chi connectivity index (χ1v) is 11.9. The minimum absolute atomic E-state index is 0.115. The van der Waals surface area contributed by atoms with Crippen LogP contribution in [0.15, 0.2) is 18.2 Å². The number of rotatable bonds is 6. The van der Waals surface area contributed by atoms with Gasteiger partial charge in [0, 0.05) is 44.3 Å². The van der Waals surface area contributed by atoms with Crippen LogP contribution in [0, 0.1) is 0 Å². The zero-order valence-corrected chi connectivity index (χ0v) is 18.5. The van der Waals surface area contributed by atoms with Crippen molar-refractivity contribution in [1.82, 2.24) is 20.4 Å². The number of imide groups is 1. The highest BCUT2D eigenvalue weighted by Crippen LogP contribution is 2.29. The third-order valence-electron chi connectivity index (χ3n) is 7.26. The normalized spacial score (nSPS) is 26.7. The van der Waals surface area contributed by atoms with E-state index in [0.717, 1.165) is 64.0 Å². The molecule has 3 saturated heterocycles. The number of hydrogen-bond acceptors (Lipinski definition) is 6. The second kappa shape index (κ2) is 9.29. The van der Waals surface area contributed by atoms with Gasteiger partial charge in [0.25, 0.3) is 5.91 Å². The number of benzene rings is 1. The van der Waals surface area contributed by atoms with E-state index in [1.54, 1.807) is 4.90 Å². The first-order chi connectivity index (χ1) is 15.6. The van der Waals surface area contributed by atoms with Gasteiger partial charge in [0.2, 0.25) is 11.8 Å². The van der Waals surface area contributed by atoms with E-state index in [2.05, 4.69) is 21.6 Å². The smallest absolute Gasteiger partial charge is 0.255 e. The topological polar surface area (TPSA) is 91.0 Å². The van der Waals surface area contributed by atoms with E-state index in [4.69, 9.17) is 4.74 Å². The average molecular weight is 441 g/mol. The largest absolute Gasteiger partial charge is 0.377 e. The Balaban J connectivity index is 1.30.